The normalized spacial score (nSPS) is 21.5. The predicted octanol–water partition coefficient (Wildman–Crippen LogP) is 2.82. The van der Waals surface area contributed by atoms with Crippen LogP contribution in [0.2, 0.25) is 0 Å². The lowest BCUT2D eigenvalue weighted by molar-refractivity contribution is 0.615. The average molecular weight is 427 g/mol. The van der Waals surface area contributed by atoms with Gasteiger partial charge in [0.05, 0.1) is 12.4 Å². The molecule has 1 aliphatic heterocycles. The minimum absolute atomic E-state index is 0.712. The summed E-state index contributed by atoms with van der Waals surface area (Å²) >= 11 is 0. The Hall–Kier alpha value is -3.52. The Balaban J connectivity index is 1.33. The first kappa shape index (κ1) is 19.2. The van der Waals surface area contributed by atoms with Crippen LogP contribution in [0.3, 0.4) is 0 Å². The maximum Gasteiger partial charge on any atom is 0.161 e. The molecule has 0 amide bonds. The molecule has 2 N–H and O–H groups in total. The minimum atomic E-state index is 0.712. The van der Waals surface area contributed by atoms with Crippen molar-refractivity contribution in [2.75, 3.05) is 25.0 Å². The van der Waals surface area contributed by atoms with Crippen molar-refractivity contribution < 1.29 is 0 Å². The molecule has 8 heteroatoms. The monoisotopic (exact) mass is 426 g/mol. The van der Waals surface area contributed by atoms with Gasteiger partial charge in [-0.1, -0.05) is 18.2 Å². The lowest BCUT2D eigenvalue weighted by atomic mass is 10.1. The summed E-state index contributed by atoms with van der Waals surface area (Å²) in [6.07, 6.45) is 9.66. The Bertz CT molecular complexity index is 1260. The molecule has 32 heavy (non-hydrogen) atoms. The molecule has 0 spiro atoms. The molecule has 1 unspecified atom stereocenters. The SMILES string of the molecule is Cn1cc(-c2cccc(-c3ncc(-c4cnn(C)c4)c(NC[C@H]4C5CNC[C@H]54)n3)c2)cn1. The second-order valence-electron chi connectivity index (χ2n) is 8.87. The van der Waals surface area contributed by atoms with Crippen LogP contribution in [0.1, 0.15) is 0 Å². The van der Waals surface area contributed by atoms with Crippen LogP contribution in [0.25, 0.3) is 33.6 Å². The topological polar surface area (TPSA) is 85.5 Å². The van der Waals surface area contributed by atoms with E-state index in [1.165, 1.54) is 0 Å². The van der Waals surface area contributed by atoms with E-state index >= 15 is 0 Å². The van der Waals surface area contributed by atoms with Crippen LogP contribution < -0.4 is 10.6 Å². The van der Waals surface area contributed by atoms with Gasteiger partial charge in [0.15, 0.2) is 5.82 Å². The standard InChI is InChI=1S/C24H26N8/c1-31-13-17(7-28-31)15-4-3-5-16(6-15)23-26-11-19(18-8-29-32(2)14-18)24(30-23)27-12-22-20-9-25-10-21(20)22/h3-8,11,13-14,20-22,25H,9-10,12H2,1-2H3,(H,26,27,30)/t20-,21?,22-/m1/s1. The van der Waals surface area contributed by atoms with Crippen LogP contribution >= 0.6 is 0 Å². The van der Waals surface area contributed by atoms with Crippen LogP contribution in [-0.2, 0) is 14.1 Å². The molecule has 8 nitrogen and oxygen atoms in total. The van der Waals surface area contributed by atoms with E-state index in [-0.39, 0.29) is 0 Å². The predicted molar refractivity (Wildman–Crippen MR) is 124 cm³/mol. The molecular weight excluding hydrogens is 400 g/mol. The summed E-state index contributed by atoms with van der Waals surface area (Å²) in [6.45, 7) is 3.22. The molecule has 4 aromatic rings. The van der Waals surface area contributed by atoms with E-state index in [2.05, 4.69) is 39.0 Å². The van der Waals surface area contributed by atoms with E-state index in [1.54, 1.807) is 4.68 Å². The van der Waals surface area contributed by atoms with Gasteiger partial charge in [-0.2, -0.15) is 10.2 Å². The van der Waals surface area contributed by atoms with Gasteiger partial charge in [0, 0.05) is 61.5 Å². The number of rotatable bonds is 6. The number of benzene rings is 1. The molecule has 2 fully saturated rings. The summed E-state index contributed by atoms with van der Waals surface area (Å²) in [5.41, 5.74) is 5.16. The summed E-state index contributed by atoms with van der Waals surface area (Å²) in [6, 6.07) is 8.31. The Morgan fingerprint density at radius 2 is 1.66 bits per heavy atom. The van der Waals surface area contributed by atoms with Gasteiger partial charge in [-0.05, 0) is 42.5 Å². The van der Waals surface area contributed by atoms with E-state index < -0.39 is 0 Å². The second-order valence-corrected chi connectivity index (χ2v) is 8.87. The maximum atomic E-state index is 4.97. The van der Waals surface area contributed by atoms with E-state index in [1.807, 2.05) is 55.8 Å². The van der Waals surface area contributed by atoms with Crippen molar-refractivity contribution in [1.82, 2.24) is 34.8 Å². The number of aromatic nitrogens is 6. The molecule has 162 valence electrons. The summed E-state index contributed by atoms with van der Waals surface area (Å²) < 4.78 is 3.62. The molecule has 0 radical (unpaired) electrons. The van der Waals surface area contributed by atoms with Crippen molar-refractivity contribution >= 4 is 5.82 Å². The Morgan fingerprint density at radius 1 is 0.938 bits per heavy atom. The summed E-state index contributed by atoms with van der Waals surface area (Å²) in [5, 5.41) is 15.7. The minimum Gasteiger partial charge on any atom is -0.369 e. The van der Waals surface area contributed by atoms with Crippen LogP contribution in [0, 0.1) is 17.8 Å². The summed E-state index contributed by atoms with van der Waals surface area (Å²) in [4.78, 5) is 9.68. The van der Waals surface area contributed by atoms with Gasteiger partial charge in [0.25, 0.3) is 0 Å². The third kappa shape index (κ3) is 3.46. The molecule has 0 bridgehead atoms. The van der Waals surface area contributed by atoms with Crippen LogP contribution in [0.5, 0.6) is 0 Å². The molecule has 3 atom stereocenters. The van der Waals surface area contributed by atoms with E-state index in [0.717, 1.165) is 71.0 Å². The number of nitrogens with one attached hydrogen (secondary N) is 2. The highest BCUT2D eigenvalue weighted by atomic mass is 15.2. The number of aryl methyl sites for hydroxylation is 2. The third-order valence-electron chi connectivity index (χ3n) is 6.74. The Kier molecular flexibility index (Phi) is 4.53. The molecule has 1 saturated carbocycles. The quantitative estimate of drug-likeness (QED) is 0.493. The fraction of sp³-hybridized carbons (Fsp3) is 0.333. The van der Waals surface area contributed by atoms with Gasteiger partial charge in [0.1, 0.15) is 5.82 Å². The van der Waals surface area contributed by atoms with E-state index in [9.17, 15) is 0 Å². The lowest BCUT2D eigenvalue weighted by Crippen LogP contribution is -2.19. The largest absolute Gasteiger partial charge is 0.369 e. The Labute approximate surface area is 186 Å². The molecule has 3 aromatic heterocycles. The van der Waals surface area contributed by atoms with E-state index in [0.29, 0.717) is 5.82 Å². The zero-order valence-electron chi connectivity index (χ0n) is 18.2. The van der Waals surface area contributed by atoms with Gasteiger partial charge in [0.2, 0.25) is 0 Å². The van der Waals surface area contributed by atoms with Crippen molar-refractivity contribution in [1.29, 1.82) is 0 Å². The molecule has 4 heterocycles. The van der Waals surface area contributed by atoms with Crippen molar-refractivity contribution in [2.45, 2.75) is 0 Å². The molecule has 1 aliphatic carbocycles. The molecule has 1 aromatic carbocycles. The lowest BCUT2D eigenvalue weighted by Gasteiger charge is -2.13. The zero-order chi connectivity index (χ0) is 21.7. The van der Waals surface area contributed by atoms with Crippen molar-refractivity contribution in [3.05, 3.63) is 55.2 Å². The fourth-order valence-corrected chi connectivity index (χ4v) is 4.90. The first-order valence-electron chi connectivity index (χ1n) is 11.1. The highest BCUT2D eigenvalue weighted by Gasteiger charge is 2.52. The summed E-state index contributed by atoms with van der Waals surface area (Å²) in [5.74, 6) is 3.92. The number of hydrogen-bond acceptors (Lipinski definition) is 6. The highest BCUT2D eigenvalue weighted by Crippen LogP contribution is 2.48. The first-order valence-corrected chi connectivity index (χ1v) is 11.1. The maximum absolute atomic E-state index is 4.97. The van der Waals surface area contributed by atoms with Gasteiger partial charge in [-0.15, -0.1) is 0 Å². The first-order chi connectivity index (χ1) is 15.7. The number of anilines is 1. The molecule has 1 saturated heterocycles. The number of nitrogens with zero attached hydrogens (tertiary/aromatic N) is 6. The molecular formula is C24H26N8. The van der Waals surface area contributed by atoms with Crippen molar-refractivity contribution in [3.8, 4) is 33.6 Å². The smallest absolute Gasteiger partial charge is 0.161 e. The van der Waals surface area contributed by atoms with Crippen molar-refractivity contribution in [3.63, 3.8) is 0 Å². The van der Waals surface area contributed by atoms with Crippen LogP contribution in [0.15, 0.2) is 55.2 Å². The molecule has 6 rings (SSSR count). The Morgan fingerprint density at radius 3 is 2.38 bits per heavy atom. The molecule has 2 aliphatic rings. The third-order valence-corrected chi connectivity index (χ3v) is 6.74. The van der Waals surface area contributed by atoms with Crippen molar-refractivity contribution in [2.24, 2.45) is 31.8 Å². The number of fused-ring (bicyclic) bond motifs is 1. The van der Waals surface area contributed by atoms with Gasteiger partial charge in [-0.25, -0.2) is 9.97 Å². The van der Waals surface area contributed by atoms with E-state index in [4.69, 9.17) is 9.97 Å². The van der Waals surface area contributed by atoms with Gasteiger partial charge in [-0.3, -0.25) is 9.36 Å². The summed E-state index contributed by atoms with van der Waals surface area (Å²) in [7, 11) is 3.85. The highest BCUT2D eigenvalue weighted by molar-refractivity contribution is 5.76. The number of piperidine rings is 1. The van der Waals surface area contributed by atoms with Gasteiger partial charge < -0.3 is 10.6 Å². The zero-order valence-corrected chi connectivity index (χ0v) is 18.2. The van der Waals surface area contributed by atoms with Gasteiger partial charge >= 0.3 is 0 Å². The van der Waals surface area contributed by atoms with Crippen LogP contribution in [0.4, 0.5) is 5.82 Å². The average Bonchev–Trinajstić information content (AvgIpc) is 3.28. The number of hydrogen-bond donors (Lipinski definition) is 2. The van der Waals surface area contributed by atoms with Crippen LogP contribution in [-0.4, -0.2) is 49.2 Å². The fourth-order valence-electron chi connectivity index (χ4n) is 4.90. The second kappa shape index (κ2) is 7.56.